The largest absolute Gasteiger partial charge is 0.480 e. The second-order valence-corrected chi connectivity index (χ2v) is 5.96. The molecule has 0 aliphatic heterocycles. The third-order valence-corrected chi connectivity index (χ3v) is 3.76. The zero-order valence-corrected chi connectivity index (χ0v) is 11.6. The number of aromatic nitrogens is 3. The molecule has 1 fully saturated rings. The van der Waals surface area contributed by atoms with E-state index in [1.165, 1.54) is 25.6 Å². The van der Waals surface area contributed by atoms with Crippen LogP contribution in [0.1, 0.15) is 32.7 Å². The van der Waals surface area contributed by atoms with Crippen molar-refractivity contribution in [3.8, 4) is 0 Å². The Labute approximate surface area is 114 Å². The fourth-order valence-electron chi connectivity index (χ4n) is 1.51. The molecule has 8 heteroatoms. The highest BCUT2D eigenvalue weighted by Gasteiger charge is 2.30. The molecule has 1 saturated carbocycles. The van der Waals surface area contributed by atoms with Crippen LogP contribution in [-0.4, -0.2) is 43.0 Å². The molecule has 104 valence electrons. The number of hydrogen-bond donors (Lipinski definition) is 2. The number of rotatable bonds is 6. The summed E-state index contributed by atoms with van der Waals surface area (Å²) in [5.74, 6) is -1.27. The SMILES string of the molecule is CC(C)(NC(=O)CSc1nncn1C1CC1)C(=O)O. The van der Waals surface area contributed by atoms with Gasteiger partial charge in [-0.2, -0.15) is 0 Å². The molecular weight excluding hydrogens is 268 g/mol. The number of amides is 1. The van der Waals surface area contributed by atoms with Gasteiger partial charge in [0.2, 0.25) is 5.91 Å². The Bertz CT molecular complexity index is 496. The number of carbonyl (C=O) groups is 2. The molecule has 1 aliphatic carbocycles. The van der Waals surface area contributed by atoms with Crippen molar-refractivity contribution < 1.29 is 14.7 Å². The minimum absolute atomic E-state index is 0.127. The zero-order chi connectivity index (χ0) is 14.0. The van der Waals surface area contributed by atoms with Crippen molar-refractivity contribution in [2.45, 2.75) is 43.4 Å². The molecule has 0 radical (unpaired) electrons. The lowest BCUT2D eigenvalue weighted by Gasteiger charge is -2.20. The fourth-order valence-corrected chi connectivity index (χ4v) is 2.29. The molecular formula is C11H16N4O3S. The molecule has 1 aromatic heterocycles. The predicted octanol–water partition coefficient (Wildman–Crippen LogP) is 0.684. The second-order valence-electron chi connectivity index (χ2n) is 5.02. The number of nitrogens with zero attached hydrogens (tertiary/aromatic N) is 3. The molecule has 0 saturated heterocycles. The van der Waals surface area contributed by atoms with E-state index in [0.29, 0.717) is 11.2 Å². The third-order valence-electron chi connectivity index (χ3n) is 2.80. The fraction of sp³-hybridized carbons (Fsp3) is 0.636. The minimum atomic E-state index is -1.26. The molecule has 0 bridgehead atoms. The molecule has 1 aliphatic rings. The van der Waals surface area contributed by atoms with Crippen LogP contribution >= 0.6 is 11.8 Å². The van der Waals surface area contributed by atoms with Gasteiger partial charge in [0.15, 0.2) is 5.16 Å². The van der Waals surface area contributed by atoms with Crippen LogP contribution in [-0.2, 0) is 9.59 Å². The molecule has 1 heterocycles. The average Bonchev–Trinajstić information content (AvgIpc) is 3.05. The van der Waals surface area contributed by atoms with E-state index >= 15 is 0 Å². The lowest BCUT2D eigenvalue weighted by Crippen LogP contribution is -2.50. The molecule has 1 amide bonds. The molecule has 7 nitrogen and oxygen atoms in total. The highest BCUT2D eigenvalue weighted by Crippen LogP contribution is 2.37. The van der Waals surface area contributed by atoms with Crippen molar-refractivity contribution in [3.05, 3.63) is 6.33 Å². The number of carboxylic acids is 1. The van der Waals surface area contributed by atoms with Gasteiger partial charge in [-0.15, -0.1) is 10.2 Å². The first-order chi connectivity index (χ1) is 8.90. The smallest absolute Gasteiger partial charge is 0.328 e. The second kappa shape index (κ2) is 5.20. The quantitative estimate of drug-likeness (QED) is 0.746. The lowest BCUT2D eigenvalue weighted by molar-refractivity contribution is -0.145. The van der Waals surface area contributed by atoms with E-state index in [4.69, 9.17) is 5.11 Å². The van der Waals surface area contributed by atoms with Crippen LogP contribution in [0.4, 0.5) is 0 Å². The van der Waals surface area contributed by atoms with Gasteiger partial charge >= 0.3 is 5.97 Å². The van der Waals surface area contributed by atoms with Gasteiger partial charge < -0.3 is 15.0 Å². The standard InChI is InChI=1S/C11H16N4O3S/c1-11(2,9(17)18)13-8(16)5-19-10-14-12-6-15(10)7-3-4-7/h6-7H,3-5H2,1-2H3,(H,13,16)(H,17,18). The summed E-state index contributed by atoms with van der Waals surface area (Å²) >= 11 is 1.27. The van der Waals surface area contributed by atoms with Gasteiger partial charge in [-0.3, -0.25) is 4.79 Å². The van der Waals surface area contributed by atoms with E-state index in [2.05, 4.69) is 15.5 Å². The Kier molecular flexibility index (Phi) is 3.79. The van der Waals surface area contributed by atoms with Crippen molar-refractivity contribution in [2.24, 2.45) is 0 Å². The summed E-state index contributed by atoms with van der Waals surface area (Å²) in [5, 5.41) is 19.9. The Morgan fingerprint density at radius 2 is 2.26 bits per heavy atom. The number of aliphatic carboxylic acids is 1. The van der Waals surface area contributed by atoms with E-state index in [0.717, 1.165) is 12.8 Å². The first-order valence-electron chi connectivity index (χ1n) is 5.97. The van der Waals surface area contributed by atoms with E-state index < -0.39 is 11.5 Å². The predicted molar refractivity (Wildman–Crippen MR) is 68.9 cm³/mol. The number of hydrogen-bond acceptors (Lipinski definition) is 5. The Hall–Kier alpha value is -1.57. The summed E-state index contributed by atoms with van der Waals surface area (Å²) in [7, 11) is 0. The molecule has 1 aromatic rings. The summed E-state index contributed by atoms with van der Waals surface area (Å²) in [6.07, 6.45) is 3.90. The maximum absolute atomic E-state index is 11.7. The number of nitrogens with one attached hydrogen (secondary N) is 1. The molecule has 0 atom stereocenters. The molecule has 2 rings (SSSR count). The van der Waals surface area contributed by atoms with Gasteiger partial charge in [-0.25, -0.2) is 4.79 Å². The molecule has 0 spiro atoms. The van der Waals surface area contributed by atoms with Crippen LogP contribution in [0.3, 0.4) is 0 Å². The van der Waals surface area contributed by atoms with Crippen molar-refractivity contribution in [1.29, 1.82) is 0 Å². The Morgan fingerprint density at radius 1 is 1.58 bits per heavy atom. The highest BCUT2D eigenvalue weighted by atomic mass is 32.2. The van der Waals surface area contributed by atoms with Gasteiger partial charge in [0, 0.05) is 6.04 Å². The van der Waals surface area contributed by atoms with Gasteiger partial charge in [0.05, 0.1) is 5.75 Å². The van der Waals surface area contributed by atoms with Crippen molar-refractivity contribution >= 4 is 23.6 Å². The summed E-state index contributed by atoms with van der Waals surface area (Å²) in [5.41, 5.74) is -1.26. The Morgan fingerprint density at radius 3 is 2.84 bits per heavy atom. The van der Waals surface area contributed by atoms with Crippen LogP contribution in [0.2, 0.25) is 0 Å². The van der Waals surface area contributed by atoms with E-state index in [-0.39, 0.29) is 11.7 Å². The van der Waals surface area contributed by atoms with Crippen LogP contribution in [0.5, 0.6) is 0 Å². The first kappa shape index (κ1) is 13.9. The van der Waals surface area contributed by atoms with E-state index in [9.17, 15) is 9.59 Å². The highest BCUT2D eigenvalue weighted by molar-refractivity contribution is 7.99. The normalized spacial score (nSPS) is 15.3. The maximum atomic E-state index is 11.7. The zero-order valence-electron chi connectivity index (χ0n) is 10.8. The van der Waals surface area contributed by atoms with Crippen molar-refractivity contribution in [1.82, 2.24) is 20.1 Å². The lowest BCUT2D eigenvalue weighted by atomic mass is 10.1. The van der Waals surface area contributed by atoms with Crippen LogP contribution in [0.15, 0.2) is 11.5 Å². The topological polar surface area (TPSA) is 97.1 Å². The number of thioether (sulfide) groups is 1. The minimum Gasteiger partial charge on any atom is -0.480 e. The summed E-state index contributed by atoms with van der Waals surface area (Å²) in [6.45, 7) is 2.90. The van der Waals surface area contributed by atoms with E-state index in [1.807, 2.05) is 4.57 Å². The molecule has 2 N–H and O–H groups in total. The monoisotopic (exact) mass is 284 g/mol. The van der Waals surface area contributed by atoms with Crippen LogP contribution in [0, 0.1) is 0 Å². The number of carboxylic acid groups (broad SMARTS) is 1. The van der Waals surface area contributed by atoms with Crippen LogP contribution < -0.4 is 5.32 Å². The van der Waals surface area contributed by atoms with Gasteiger partial charge in [-0.05, 0) is 26.7 Å². The first-order valence-corrected chi connectivity index (χ1v) is 6.95. The maximum Gasteiger partial charge on any atom is 0.328 e. The molecule has 0 unspecified atom stereocenters. The molecule has 0 aromatic carbocycles. The van der Waals surface area contributed by atoms with Crippen molar-refractivity contribution in [2.75, 3.05) is 5.75 Å². The summed E-state index contributed by atoms with van der Waals surface area (Å²) in [6, 6.07) is 0.455. The third kappa shape index (κ3) is 3.46. The van der Waals surface area contributed by atoms with Gasteiger partial charge in [0.1, 0.15) is 11.9 Å². The van der Waals surface area contributed by atoms with Crippen molar-refractivity contribution in [3.63, 3.8) is 0 Å². The van der Waals surface area contributed by atoms with Crippen LogP contribution in [0.25, 0.3) is 0 Å². The number of carbonyl (C=O) groups excluding carboxylic acids is 1. The average molecular weight is 284 g/mol. The Balaban J connectivity index is 1.86. The summed E-state index contributed by atoms with van der Waals surface area (Å²) < 4.78 is 1.96. The molecule has 19 heavy (non-hydrogen) atoms. The van der Waals surface area contributed by atoms with E-state index in [1.54, 1.807) is 6.33 Å². The summed E-state index contributed by atoms with van der Waals surface area (Å²) in [4.78, 5) is 22.6. The van der Waals surface area contributed by atoms with Gasteiger partial charge in [-0.1, -0.05) is 11.8 Å². The van der Waals surface area contributed by atoms with Gasteiger partial charge in [0.25, 0.3) is 0 Å².